The van der Waals surface area contributed by atoms with Crippen LogP contribution in [0, 0.1) is 6.08 Å². The van der Waals surface area contributed by atoms with Gasteiger partial charge >= 0.3 is 5.97 Å². The first-order chi connectivity index (χ1) is 3.84. The van der Waals surface area contributed by atoms with Crippen LogP contribution in [0.15, 0.2) is 5.57 Å². The van der Waals surface area contributed by atoms with Crippen molar-refractivity contribution < 1.29 is 9.53 Å². The summed E-state index contributed by atoms with van der Waals surface area (Å²) < 4.78 is 4.54. The molecule has 0 aromatic carbocycles. The smallest absolute Gasteiger partial charge is 0.336 e. The minimum atomic E-state index is -0.248. The predicted octanol–water partition coefficient (Wildman–Crippen LogP) is 0.668. The van der Waals surface area contributed by atoms with Crippen LogP contribution in [0.4, 0.5) is 0 Å². The number of hydrogen-bond acceptors (Lipinski definition) is 2. The van der Waals surface area contributed by atoms with Crippen LogP contribution in [-0.2, 0) is 9.53 Å². The largest absolute Gasteiger partial charge is 0.491 e. The van der Waals surface area contributed by atoms with Crippen molar-refractivity contribution >= 4 is 21.9 Å². The van der Waals surface area contributed by atoms with E-state index in [1.54, 1.807) is 0 Å². The second kappa shape index (κ2) is 2.25. The summed E-state index contributed by atoms with van der Waals surface area (Å²) in [5.41, 5.74) is 0.602. The Labute approximate surface area is 55.6 Å². The van der Waals surface area contributed by atoms with Gasteiger partial charge in [0.05, 0.1) is 5.33 Å². The molecule has 0 fully saturated rings. The van der Waals surface area contributed by atoms with Crippen LogP contribution in [0.2, 0.25) is 0 Å². The molecule has 0 aliphatic carbocycles. The molecule has 1 heterocycles. The van der Waals surface area contributed by atoms with Crippen LogP contribution in [0.5, 0.6) is 0 Å². The maximum absolute atomic E-state index is 10.5. The minimum Gasteiger partial charge on any atom is -0.336 e. The second-order valence-corrected chi connectivity index (χ2v) is 1.93. The molecule has 0 unspecified atom stereocenters. The van der Waals surface area contributed by atoms with Crippen LogP contribution in [-0.4, -0.2) is 17.9 Å². The Bertz CT molecular complexity index is 139. The number of halogens is 1. The third-order valence-corrected chi connectivity index (χ3v) is 1.43. The normalized spacial score (nSPS) is 17.1. The van der Waals surface area contributed by atoms with Gasteiger partial charge in [-0.2, -0.15) is 0 Å². The number of cyclic esters (lactones) is 1. The zero-order valence-corrected chi connectivity index (χ0v) is 5.69. The summed E-state index contributed by atoms with van der Waals surface area (Å²) in [6.07, 6.45) is 2.75. The summed E-state index contributed by atoms with van der Waals surface area (Å²) in [6, 6.07) is 0. The van der Waals surface area contributed by atoms with E-state index in [0.717, 1.165) is 0 Å². The SMILES string of the molecule is O=C1OC[C+]=C1CBr. The standard InChI is InChI=1S/C5H4BrO2/c6-3-4-1-2-8-5(4)7/h2-3H2/q+1. The molecule has 0 bridgehead atoms. The lowest BCUT2D eigenvalue weighted by atomic mass is 10.3. The quantitative estimate of drug-likeness (QED) is 0.333. The number of carbonyl (C=O) groups is 1. The first-order valence-electron chi connectivity index (χ1n) is 2.17. The van der Waals surface area contributed by atoms with Crippen LogP contribution in [0.25, 0.3) is 0 Å². The second-order valence-electron chi connectivity index (χ2n) is 1.37. The summed E-state index contributed by atoms with van der Waals surface area (Å²) in [5, 5.41) is 0.547. The molecule has 8 heavy (non-hydrogen) atoms. The van der Waals surface area contributed by atoms with E-state index in [1.807, 2.05) is 0 Å². The van der Waals surface area contributed by atoms with E-state index < -0.39 is 0 Å². The number of ether oxygens (including phenoxy) is 1. The summed E-state index contributed by atoms with van der Waals surface area (Å²) in [5.74, 6) is -0.248. The molecule has 0 saturated heterocycles. The fourth-order valence-electron chi connectivity index (χ4n) is 0.450. The summed E-state index contributed by atoms with van der Waals surface area (Å²) in [4.78, 5) is 10.5. The van der Waals surface area contributed by atoms with Crippen molar-refractivity contribution in [2.24, 2.45) is 0 Å². The van der Waals surface area contributed by atoms with Crippen molar-refractivity contribution in [3.63, 3.8) is 0 Å². The van der Waals surface area contributed by atoms with E-state index in [2.05, 4.69) is 26.7 Å². The highest BCUT2D eigenvalue weighted by Gasteiger charge is 2.29. The van der Waals surface area contributed by atoms with Crippen LogP contribution >= 0.6 is 15.9 Å². The fraction of sp³-hybridized carbons (Fsp3) is 0.400. The van der Waals surface area contributed by atoms with Gasteiger partial charge in [-0.1, -0.05) is 15.9 Å². The molecule has 0 N–H and O–H groups in total. The van der Waals surface area contributed by atoms with Crippen molar-refractivity contribution in [1.29, 1.82) is 0 Å². The Morgan fingerprint density at radius 1 is 1.88 bits per heavy atom. The first kappa shape index (κ1) is 5.73. The highest BCUT2D eigenvalue weighted by molar-refractivity contribution is 9.09. The topological polar surface area (TPSA) is 26.3 Å². The highest BCUT2D eigenvalue weighted by atomic mass is 79.9. The number of alkyl halides is 1. The van der Waals surface area contributed by atoms with Gasteiger partial charge < -0.3 is 4.74 Å². The monoisotopic (exact) mass is 175 g/mol. The molecule has 0 aromatic heterocycles. The predicted molar refractivity (Wildman–Crippen MR) is 31.5 cm³/mol. The molecular formula is C5H4BrO2+. The molecule has 0 saturated carbocycles. The highest BCUT2D eigenvalue weighted by Crippen LogP contribution is 2.07. The lowest BCUT2D eigenvalue weighted by molar-refractivity contribution is -0.135. The Balaban J connectivity index is 2.62. The number of hydrogen-bond donors (Lipinski definition) is 0. The zero-order valence-electron chi connectivity index (χ0n) is 4.11. The van der Waals surface area contributed by atoms with Crippen LogP contribution < -0.4 is 0 Å². The van der Waals surface area contributed by atoms with Crippen LogP contribution in [0.1, 0.15) is 0 Å². The van der Waals surface area contributed by atoms with Gasteiger partial charge in [-0.3, -0.25) is 0 Å². The van der Waals surface area contributed by atoms with Crippen molar-refractivity contribution in [3.8, 4) is 0 Å². The molecule has 0 amide bonds. The molecule has 2 nitrogen and oxygen atoms in total. The fourth-order valence-corrected chi connectivity index (χ4v) is 0.877. The van der Waals surface area contributed by atoms with E-state index in [-0.39, 0.29) is 5.97 Å². The molecule has 3 heteroatoms. The lowest BCUT2D eigenvalue weighted by Gasteiger charge is -1.75. The first-order valence-corrected chi connectivity index (χ1v) is 3.29. The van der Waals surface area contributed by atoms with Crippen molar-refractivity contribution in [1.82, 2.24) is 0 Å². The summed E-state index contributed by atoms with van der Waals surface area (Å²) in [7, 11) is 0. The Morgan fingerprint density at radius 3 is 2.88 bits per heavy atom. The van der Waals surface area contributed by atoms with Crippen molar-refractivity contribution in [2.45, 2.75) is 0 Å². The molecule has 1 rings (SSSR count). The average Bonchev–Trinajstić information content (AvgIpc) is 2.14. The van der Waals surface area contributed by atoms with Gasteiger partial charge in [0, 0.05) is 0 Å². The maximum atomic E-state index is 10.5. The minimum absolute atomic E-state index is 0.248. The van der Waals surface area contributed by atoms with Gasteiger partial charge in [0.15, 0.2) is 0 Å². The van der Waals surface area contributed by atoms with E-state index in [4.69, 9.17) is 0 Å². The third kappa shape index (κ3) is 0.881. The number of esters is 1. The molecule has 0 radical (unpaired) electrons. The Kier molecular flexibility index (Phi) is 1.61. The van der Waals surface area contributed by atoms with Gasteiger partial charge in [-0.15, -0.1) is 4.79 Å². The molecule has 0 atom stereocenters. The van der Waals surface area contributed by atoms with Gasteiger partial charge in [-0.25, -0.2) is 0 Å². The summed E-state index contributed by atoms with van der Waals surface area (Å²) in [6.45, 7) is 0.319. The molecule has 0 spiro atoms. The van der Waals surface area contributed by atoms with E-state index >= 15 is 0 Å². The van der Waals surface area contributed by atoms with Gasteiger partial charge in [0.25, 0.3) is 12.2 Å². The molecule has 0 aromatic rings. The van der Waals surface area contributed by atoms with Crippen molar-refractivity contribution in [3.05, 3.63) is 11.6 Å². The van der Waals surface area contributed by atoms with Crippen LogP contribution in [0.3, 0.4) is 0 Å². The Hall–Kier alpha value is -0.400. The third-order valence-electron chi connectivity index (χ3n) is 0.869. The average molecular weight is 176 g/mol. The van der Waals surface area contributed by atoms with Gasteiger partial charge in [-0.05, 0) is 0 Å². The summed E-state index contributed by atoms with van der Waals surface area (Å²) >= 11 is 3.12. The molecule has 42 valence electrons. The number of rotatable bonds is 1. The molecule has 1 aliphatic heterocycles. The van der Waals surface area contributed by atoms with E-state index in [0.29, 0.717) is 17.5 Å². The van der Waals surface area contributed by atoms with Gasteiger partial charge in [0.1, 0.15) is 6.08 Å². The molecular weight excluding hydrogens is 172 g/mol. The van der Waals surface area contributed by atoms with E-state index in [1.165, 1.54) is 0 Å². The zero-order chi connectivity index (χ0) is 5.98. The number of carbonyl (C=O) groups excluding carboxylic acids is 1. The molecule has 1 aliphatic rings. The van der Waals surface area contributed by atoms with Gasteiger partial charge in [0.2, 0.25) is 0 Å². The van der Waals surface area contributed by atoms with E-state index in [9.17, 15) is 4.79 Å². The lowest BCUT2D eigenvalue weighted by Crippen LogP contribution is -1.99. The maximum Gasteiger partial charge on any atom is 0.491 e. The van der Waals surface area contributed by atoms with Crippen molar-refractivity contribution in [2.75, 3.05) is 11.9 Å². The Morgan fingerprint density at radius 2 is 2.62 bits per heavy atom.